The van der Waals surface area contributed by atoms with Crippen molar-refractivity contribution in [3.8, 4) is 0 Å². The van der Waals surface area contributed by atoms with Crippen LogP contribution in [0.5, 0.6) is 0 Å². The quantitative estimate of drug-likeness (QED) is 0.473. The molecule has 0 N–H and O–H groups in total. The summed E-state index contributed by atoms with van der Waals surface area (Å²) in [6.07, 6.45) is 22.7. The predicted molar refractivity (Wildman–Crippen MR) is 103 cm³/mol. The Hall–Kier alpha value is -0.600. The van der Waals surface area contributed by atoms with Crippen LogP contribution >= 0.6 is 0 Å². The monoisotopic (exact) mass is 342 g/mol. The minimum atomic E-state index is -0.496. The number of rotatable bonds is 4. The first-order chi connectivity index (χ1) is 12.3. The van der Waals surface area contributed by atoms with Crippen LogP contribution in [0.15, 0.2) is 24.3 Å². The second-order valence-electron chi connectivity index (χ2n) is 9.04. The van der Waals surface area contributed by atoms with E-state index < -0.39 is 6.23 Å². The van der Waals surface area contributed by atoms with Crippen LogP contribution in [0.3, 0.4) is 0 Å². The van der Waals surface area contributed by atoms with E-state index in [9.17, 15) is 5.11 Å². The van der Waals surface area contributed by atoms with E-state index in [0.717, 1.165) is 30.1 Å². The van der Waals surface area contributed by atoms with E-state index in [-0.39, 0.29) is 0 Å². The molecule has 0 aromatic heterocycles. The Bertz CT molecular complexity index is 458. The lowest BCUT2D eigenvalue weighted by Crippen LogP contribution is -2.58. The van der Waals surface area contributed by atoms with Crippen molar-refractivity contribution in [2.45, 2.75) is 95.9 Å². The summed E-state index contributed by atoms with van der Waals surface area (Å²) in [5.41, 5.74) is 0. The van der Waals surface area contributed by atoms with Gasteiger partial charge in [0, 0.05) is 12.1 Å². The van der Waals surface area contributed by atoms with Gasteiger partial charge >= 0.3 is 0 Å². The third-order valence-electron chi connectivity index (χ3n) is 7.82. The first-order valence-corrected chi connectivity index (χ1v) is 11.0. The number of hydrogen-bond donors (Lipinski definition) is 0. The minimum absolute atomic E-state index is 0.496. The molecule has 2 fully saturated rings. The number of nitrogens with zero attached hydrogens (tertiary/aromatic N) is 1. The molecule has 7 atom stereocenters. The third kappa shape index (κ3) is 3.49. The standard InChI is InChI=1S/C23H36NO/c1-2-23(25)24(21-15-7-11-17-9-3-5-13-19(17)21)22-16-8-12-18-10-4-6-14-20(18)22/h3-6,17-23H,2,7-16H2,1H3. The first kappa shape index (κ1) is 17.8. The van der Waals surface area contributed by atoms with Gasteiger partial charge in [-0.25, -0.2) is 5.11 Å². The van der Waals surface area contributed by atoms with Crippen molar-refractivity contribution in [3.63, 3.8) is 0 Å². The second-order valence-corrected chi connectivity index (χ2v) is 9.04. The molecule has 4 aliphatic rings. The van der Waals surface area contributed by atoms with Gasteiger partial charge in [-0.3, -0.25) is 4.90 Å². The molecule has 0 aliphatic heterocycles. The molecule has 2 heteroatoms. The van der Waals surface area contributed by atoms with Crippen LogP contribution in [0.2, 0.25) is 0 Å². The summed E-state index contributed by atoms with van der Waals surface area (Å²) in [4.78, 5) is 2.55. The third-order valence-corrected chi connectivity index (χ3v) is 7.82. The van der Waals surface area contributed by atoms with Gasteiger partial charge in [-0.15, -0.1) is 0 Å². The molecule has 0 aromatic carbocycles. The molecule has 2 nitrogen and oxygen atoms in total. The molecule has 0 aromatic rings. The van der Waals surface area contributed by atoms with Crippen LogP contribution in [0, 0.1) is 23.7 Å². The van der Waals surface area contributed by atoms with Gasteiger partial charge in [-0.2, -0.15) is 0 Å². The summed E-state index contributed by atoms with van der Waals surface area (Å²) in [6.45, 7) is 2.10. The fourth-order valence-electron chi connectivity index (χ4n) is 6.62. The molecule has 0 bridgehead atoms. The van der Waals surface area contributed by atoms with Crippen molar-refractivity contribution >= 4 is 0 Å². The lowest BCUT2D eigenvalue weighted by molar-refractivity contribution is -0.142. The average Bonchev–Trinajstić information content (AvgIpc) is 2.68. The highest BCUT2D eigenvalue weighted by Crippen LogP contribution is 2.46. The largest absolute Gasteiger partial charge is 0.269 e. The Kier molecular flexibility index (Phi) is 5.67. The zero-order valence-electron chi connectivity index (χ0n) is 16.0. The lowest BCUT2D eigenvalue weighted by Gasteiger charge is -2.53. The van der Waals surface area contributed by atoms with Gasteiger partial charge in [0.2, 0.25) is 0 Å². The molecule has 0 spiro atoms. The van der Waals surface area contributed by atoms with Gasteiger partial charge in [-0.05, 0) is 81.5 Å². The second kappa shape index (κ2) is 7.96. The van der Waals surface area contributed by atoms with Crippen LogP contribution in [0.4, 0.5) is 0 Å². The Balaban J connectivity index is 1.61. The smallest absolute Gasteiger partial charge is 0.146 e. The summed E-state index contributed by atoms with van der Waals surface area (Å²) >= 11 is 0. The maximum atomic E-state index is 13.2. The van der Waals surface area contributed by atoms with E-state index in [1.165, 1.54) is 64.2 Å². The molecule has 25 heavy (non-hydrogen) atoms. The highest BCUT2D eigenvalue weighted by molar-refractivity contribution is 5.05. The minimum Gasteiger partial charge on any atom is -0.269 e. The summed E-state index contributed by atoms with van der Waals surface area (Å²) in [6, 6.07) is 1.08. The van der Waals surface area contributed by atoms with Crippen LogP contribution in [-0.4, -0.2) is 23.2 Å². The normalized spacial score (nSPS) is 42.0. The van der Waals surface area contributed by atoms with Gasteiger partial charge in [0.1, 0.15) is 6.23 Å². The van der Waals surface area contributed by atoms with Crippen LogP contribution in [0.1, 0.15) is 77.6 Å². The Morgan fingerprint density at radius 1 is 0.800 bits per heavy atom. The molecule has 4 rings (SSSR count). The van der Waals surface area contributed by atoms with Crippen molar-refractivity contribution in [1.82, 2.24) is 4.90 Å². The fourth-order valence-corrected chi connectivity index (χ4v) is 6.62. The first-order valence-electron chi connectivity index (χ1n) is 11.0. The Morgan fingerprint density at radius 3 is 1.76 bits per heavy atom. The summed E-state index contributed by atoms with van der Waals surface area (Å²) in [7, 11) is 0. The SMILES string of the molecule is CCC([O])N(C1CCCC2CC=CCC21)C1CCCC2CC=CCC21. The Morgan fingerprint density at radius 2 is 1.28 bits per heavy atom. The molecule has 1 radical (unpaired) electrons. The maximum absolute atomic E-state index is 13.2. The zero-order valence-corrected chi connectivity index (χ0v) is 16.0. The van der Waals surface area contributed by atoms with Crippen LogP contribution in [-0.2, 0) is 5.11 Å². The van der Waals surface area contributed by atoms with E-state index in [1.807, 2.05) is 0 Å². The summed E-state index contributed by atoms with van der Waals surface area (Å²) < 4.78 is 0. The maximum Gasteiger partial charge on any atom is 0.146 e. The van der Waals surface area contributed by atoms with Gasteiger partial charge < -0.3 is 0 Å². The molecule has 139 valence electrons. The highest BCUT2D eigenvalue weighted by atomic mass is 16.3. The van der Waals surface area contributed by atoms with Crippen molar-refractivity contribution in [3.05, 3.63) is 24.3 Å². The van der Waals surface area contributed by atoms with E-state index in [2.05, 4.69) is 36.1 Å². The molecule has 0 heterocycles. The van der Waals surface area contributed by atoms with Crippen LogP contribution < -0.4 is 0 Å². The van der Waals surface area contributed by atoms with Gasteiger partial charge in [0.05, 0.1) is 0 Å². The topological polar surface area (TPSA) is 23.1 Å². The van der Waals surface area contributed by atoms with Crippen molar-refractivity contribution in [2.75, 3.05) is 0 Å². The van der Waals surface area contributed by atoms with Crippen molar-refractivity contribution < 1.29 is 5.11 Å². The lowest BCUT2D eigenvalue weighted by atomic mass is 9.66. The van der Waals surface area contributed by atoms with Crippen LogP contribution in [0.25, 0.3) is 0 Å². The molecule has 0 amide bonds. The van der Waals surface area contributed by atoms with E-state index >= 15 is 0 Å². The number of allylic oxidation sites excluding steroid dienone is 4. The molecule has 4 aliphatic carbocycles. The van der Waals surface area contributed by atoms with Gasteiger partial charge in [0.15, 0.2) is 0 Å². The zero-order chi connectivity index (χ0) is 17.2. The Labute approximate surface area is 154 Å². The summed E-state index contributed by atoms with van der Waals surface area (Å²) in [5, 5.41) is 13.2. The van der Waals surface area contributed by atoms with Crippen molar-refractivity contribution in [2.24, 2.45) is 23.7 Å². The summed E-state index contributed by atoms with van der Waals surface area (Å²) in [5.74, 6) is 3.14. The number of fused-ring (bicyclic) bond motifs is 2. The fraction of sp³-hybridized carbons (Fsp3) is 0.826. The molecular formula is C23H36NO. The van der Waals surface area contributed by atoms with Gasteiger partial charge in [0.25, 0.3) is 0 Å². The highest BCUT2D eigenvalue weighted by Gasteiger charge is 2.45. The number of hydrogen-bond acceptors (Lipinski definition) is 1. The molecule has 2 saturated carbocycles. The predicted octanol–water partition coefficient (Wildman–Crippen LogP) is 5.72. The molecule has 0 saturated heterocycles. The van der Waals surface area contributed by atoms with Crippen molar-refractivity contribution in [1.29, 1.82) is 0 Å². The van der Waals surface area contributed by atoms with E-state index in [4.69, 9.17) is 0 Å². The van der Waals surface area contributed by atoms with E-state index in [1.54, 1.807) is 0 Å². The molecular weight excluding hydrogens is 306 g/mol. The average molecular weight is 343 g/mol. The van der Waals surface area contributed by atoms with Gasteiger partial charge in [-0.1, -0.05) is 44.1 Å². The molecule has 7 unspecified atom stereocenters. The van der Waals surface area contributed by atoms with E-state index in [0.29, 0.717) is 12.1 Å².